The van der Waals surface area contributed by atoms with E-state index in [9.17, 15) is 18.8 Å². The second kappa shape index (κ2) is 9.39. The van der Waals surface area contributed by atoms with Crippen LogP contribution in [0.25, 0.3) is 0 Å². The topological polar surface area (TPSA) is 76.2 Å². The highest BCUT2D eigenvalue weighted by Crippen LogP contribution is 2.34. The van der Waals surface area contributed by atoms with Gasteiger partial charge in [-0.3, -0.25) is 14.5 Å². The average molecular weight is 414 g/mol. The molecule has 1 saturated heterocycles. The molecule has 7 nitrogen and oxygen atoms in total. The van der Waals surface area contributed by atoms with Crippen LogP contribution in [0.4, 0.5) is 14.9 Å². The van der Waals surface area contributed by atoms with Crippen molar-refractivity contribution in [1.82, 2.24) is 4.90 Å². The largest absolute Gasteiger partial charge is 0.490 e. The van der Waals surface area contributed by atoms with E-state index in [-0.39, 0.29) is 17.8 Å². The predicted octanol–water partition coefficient (Wildman–Crippen LogP) is 3.90. The van der Waals surface area contributed by atoms with Crippen LogP contribution in [0, 0.1) is 5.82 Å². The minimum atomic E-state index is -1.01. The number of hydrogen-bond acceptors (Lipinski definition) is 5. The summed E-state index contributed by atoms with van der Waals surface area (Å²) in [5, 5.41) is 0. The number of carbonyl (C=O) groups excluding carboxylic acids is 3. The standard InChI is InChI=1S/C22H23FN2O5/c1-3-11-29-18-10-9-16(13-19(18)30-12-4-2)25-21(27)20(26)24(22(25)28)14-15-7-5-6-8-17(15)23/h5-10,13H,3-4,11-12,14H2,1-2H3. The van der Waals surface area contributed by atoms with Gasteiger partial charge in [-0.15, -0.1) is 0 Å². The lowest BCUT2D eigenvalue weighted by molar-refractivity contribution is -0.139. The van der Waals surface area contributed by atoms with Crippen molar-refractivity contribution in [1.29, 1.82) is 0 Å². The Labute approximate surface area is 174 Å². The van der Waals surface area contributed by atoms with Gasteiger partial charge in [0.25, 0.3) is 0 Å². The molecule has 2 aromatic rings. The van der Waals surface area contributed by atoms with Gasteiger partial charge in [-0.05, 0) is 31.0 Å². The lowest BCUT2D eigenvalue weighted by Gasteiger charge is -2.18. The van der Waals surface area contributed by atoms with E-state index in [0.29, 0.717) is 24.7 Å². The number of benzene rings is 2. The summed E-state index contributed by atoms with van der Waals surface area (Å²) in [6.45, 7) is 4.50. The van der Waals surface area contributed by atoms with Gasteiger partial charge in [0.05, 0.1) is 25.4 Å². The molecule has 0 radical (unpaired) electrons. The van der Waals surface area contributed by atoms with E-state index < -0.39 is 23.7 Å². The minimum absolute atomic E-state index is 0.143. The molecule has 0 aliphatic carbocycles. The summed E-state index contributed by atoms with van der Waals surface area (Å²) in [5.41, 5.74) is 0.327. The Bertz CT molecular complexity index is 962. The third kappa shape index (κ3) is 4.27. The van der Waals surface area contributed by atoms with Crippen LogP contribution in [0.5, 0.6) is 11.5 Å². The molecule has 0 spiro atoms. The maximum atomic E-state index is 14.0. The van der Waals surface area contributed by atoms with E-state index in [1.165, 1.54) is 30.3 Å². The number of anilines is 1. The zero-order chi connectivity index (χ0) is 21.7. The quantitative estimate of drug-likeness (QED) is 0.460. The summed E-state index contributed by atoms with van der Waals surface area (Å²) in [6.07, 6.45) is 1.56. The smallest absolute Gasteiger partial charge is 0.339 e. The van der Waals surface area contributed by atoms with Gasteiger partial charge >= 0.3 is 17.8 Å². The Kier molecular flexibility index (Phi) is 6.66. The van der Waals surface area contributed by atoms with E-state index in [1.54, 1.807) is 12.1 Å². The fourth-order valence-electron chi connectivity index (χ4n) is 2.96. The molecule has 0 atom stereocenters. The van der Waals surface area contributed by atoms with E-state index in [2.05, 4.69) is 0 Å². The third-order valence-electron chi connectivity index (χ3n) is 4.45. The molecule has 0 aromatic heterocycles. The lowest BCUT2D eigenvalue weighted by atomic mass is 10.2. The second-order valence-corrected chi connectivity index (χ2v) is 6.73. The van der Waals surface area contributed by atoms with Crippen molar-refractivity contribution in [3.63, 3.8) is 0 Å². The second-order valence-electron chi connectivity index (χ2n) is 6.73. The molecule has 1 fully saturated rings. The van der Waals surface area contributed by atoms with Gasteiger partial charge in [-0.2, -0.15) is 0 Å². The van der Waals surface area contributed by atoms with E-state index in [4.69, 9.17) is 9.47 Å². The first-order chi connectivity index (χ1) is 14.5. The fourth-order valence-corrected chi connectivity index (χ4v) is 2.96. The van der Waals surface area contributed by atoms with Crippen LogP contribution in [0.3, 0.4) is 0 Å². The maximum Gasteiger partial charge on any atom is 0.339 e. The van der Waals surface area contributed by atoms with Crippen molar-refractivity contribution in [2.45, 2.75) is 33.2 Å². The van der Waals surface area contributed by atoms with E-state index in [1.807, 2.05) is 13.8 Å². The van der Waals surface area contributed by atoms with Crippen molar-refractivity contribution < 1.29 is 28.2 Å². The molecule has 1 heterocycles. The van der Waals surface area contributed by atoms with Crippen LogP contribution in [0.1, 0.15) is 32.3 Å². The SMILES string of the molecule is CCCOc1ccc(N2C(=O)C(=O)N(Cc3ccccc3F)C2=O)cc1OCCC. The summed E-state index contributed by atoms with van der Waals surface area (Å²) in [6, 6.07) is 9.55. The number of hydrogen-bond donors (Lipinski definition) is 0. The minimum Gasteiger partial charge on any atom is -0.490 e. The highest BCUT2D eigenvalue weighted by Gasteiger charge is 2.45. The highest BCUT2D eigenvalue weighted by atomic mass is 19.1. The monoisotopic (exact) mass is 414 g/mol. The first kappa shape index (κ1) is 21.3. The van der Waals surface area contributed by atoms with Gasteiger partial charge in [-0.1, -0.05) is 32.0 Å². The fraction of sp³-hybridized carbons (Fsp3) is 0.318. The summed E-state index contributed by atoms with van der Waals surface area (Å²) in [7, 11) is 0. The Hall–Kier alpha value is -3.42. The number of halogens is 1. The van der Waals surface area contributed by atoms with Crippen LogP contribution < -0.4 is 14.4 Å². The van der Waals surface area contributed by atoms with Crippen LogP contribution in [0.2, 0.25) is 0 Å². The van der Waals surface area contributed by atoms with Gasteiger partial charge in [0, 0.05) is 11.6 Å². The van der Waals surface area contributed by atoms with Crippen molar-refractivity contribution in [2.24, 2.45) is 0 Å². The molecule has 8 heteroatoms. The molecule has 2 aromatic carbocycles. The first-order valence-corrected chi connectivity index (χ1v) is 9.80. The Balaban J connectivity index is 1.89. The summed E-state index contributed by atoms with van der Waals surface area (Å²) in [4.78, 5) is 39.3. The molecular formula is C22H23FN2O5. The van der Waals surface area contributed by atoms with Gasteiger partial charge in [0.2, 0.25) is 0 Å². The molecule has 4 amide bonds. The van der Waals surface area contributed by atoms with E-state index in [0.717, 1.165) is 22.6 Å². The zero-order valence-corrected chi connectivity index (χ0v) is 16.9. The number of carbonyl (C=O) groups is 3. The molecule has 0 saturated carbocycles. The Morgan fingerprint density at radius 1 is 0.867 bits per heavy atom. The Morgan fingerprint density at radius 3 is 2.20 bits per heavy atom. The molecule has 1 aliphatic rings. The highest BCUT2D eigenvalue weighted by molar-refractivity contribution is 6.52. The lowest BCUT2D eigenvalue weighted by Crippen LogP contribution is -2.33. The van der Waals surface area contributed by atoms with Crippen molar-refractivity contribution in [3.8, 4) is 11.5 Å². The number of amides is 4. The molecule has 0 N–H and O–H groups in total. The Morgan fingerprint density at radius 2 is 1.53 bits per heavy atom. The molecule has 3 rings (SSSR count). The zero-order valence-electron chi connectivity index (χ0n) is 16.9. The number of ether oxygens (including phenoxy) is 2. The number of imide groups is 2. The molecule has 1 aliphatic heterocycles. The molecule has 0 unspecified atom stereocenters. The number of urea groups is 1. The summed E-state index contributed by atoms with van der Waals surface area (Å²) in [5.74, 6) is -1.70. The van der Waals surface area contributed by atoms with Crippen molar-refractivity contribution >= 4 is 23.5 Å². The summed E-state index contributed by atoms with van der Waals surface area (Å²) < 4.78 is 25.3. The first-order valence-electron chi connectivity index (χ1n) is 9.80. The predicted molar refractivity (Wildman–Crippen MR) is 108 cm³/mol. The normalized spacial score (nSPS) is 13.9. The van der Waals surface area contributed by atoms with Gasteiger partial charge in [-0.25, -0.2) is 14.1 Å². The van der Waals surface area contributed by atoms with Gasteiger partial charge in [0.1, 0.15) is 5.82 Å². The van der Waals surface area contributed by atoms with Crippen molar-refractivity contribution in [2.75, 3.05) is 18.1 Å². The average Bonchev–Trinajstić information content (AvgIpc) is 2.95. The molecule has 158 valence electrons. The van der Waals surface area contributed by atoms with Crippen LogP contribution in [0.15, 0.2) is 42.5 Å². The van der Waals surface area contributed by atoms with Crippen LogP contribution >= 0.6 is 0 Å². The van der Waals surface area contributed by atoms with Gasteiger partial charge < -0.3 is 9.47 Å². The molecular weight excluding hydrogens is 391 g/mol. The van der Waals surface area contributed by atoms with Crippen molar-refractivity contribution in [3.05, 3.63) is 53.8 Å². The molecule has 30 heavy (non-hydrogen) atoms. The maximum absolute atomic E-state index is 14.0. The van der Waals surface area contributed by atoms with Gasteiger partial charge in [0.15, 0.2) is 11.5 Å². The number of nitrogens with zero attached hydrogens (tertiary/aromatic N) is 2. The molecule has 0 bridgehead atoms. The van der Waals surface area contributed by atoms with E-state index >= 15 is 0 Å². The van der Waals surface area contributed by atoms with Crippen LogP contribution in [-0.4, -0.2) is 36.0 Å². The number of rotatable bonds is 9. The summed E-state index contributed by atoms with van der Waals surface area (Å²) >= 11 is 0. The van der Waals surface area contributed by atoms with Crippen LogP contribution in [-0.2, 0) is 16.1 Å². The third-order valence-corrected chi connectivity index (χ3v) is 4.45.